The molecule has 1 heterocycles. The van der Waals surface area contributed by atoms with Gasteiger partial charge in [-0.2, -0.15) is 0 Å². The zero-order valence-corrected chi connectivity index (χ0v) is 11.6. The number of hydrogen-bond acceptors (Lipinski definition) is 5. The van der Waals surface area contributed by atoms with Crippen LogP contribution in [0.3, 0.4) is 0 Å². The van der Waals surface area contributed by atoms with E-state index in [2.05, 4.69) is 4.98 Å². The molecule has 2 rings (SSSR count). The van der Waals surface area contributed by atoms with E-state index in [0.717, 1.165) is 12.1 Å². The standard InChI is InChI=1S/C12H6Cl2N2O5/c13-8-3-6(16(19)20)4-9(14)11(8)21-10-5-15-2-1-7(10)12(17)18/h1-5H,(H,17,18). The number of nitrogens with zero attached hydrogens (tertiary/aromatic N) is 2. The molecule has 0 aliphatic carbocycles. The van der Waals surface area contributed by atoms with Gasteiger partial charge in [0, 0.05) is 18.3 Å². The highest BCUT2D eigenvalue weighted by molar-refractivity contribution is 6.37. The van der Waals surface area contributed by atoms with Gasteiger partial charge in [-0.15, -0.1) is 0 Å². The Kier molecular flexibility index (Phi) is 4.25. The number of nitro groups is 1. The second-order valence-corrected chi connectivity index (χ2v) is 4.59. The number of non-ortho nitro benzene ring substituents is 1. The molecule has 1 aromatic heterocycles. The average Bonchev–Trinajstić information content (AvgIpc) is 2.42. The quantitative estimate of drug-likeness (QED) is 0.676. The van der Waals surface area contributed by atoms with E-state index in [0.29, 0.717) is 0 Å². The van der Waals surface area contributed by atoms with Crippen molar-refractivity contribution >= 4 is 34.9 Å². The summed E-state index contributed by atoms with van der Waals surface area (Å²) < 4.78 is 5.34. The van der Waals surface area contributed by atoms with Gasteiger partial charge in [-0.3, -0.25) is 15.1 Å². The number of halogens is 2. The van der Waals surface area contributed by atoms with E-state index in [-0.39, 0.29) is 32.8 Å². The van der Waals surface area contributed by atoms with E-state index < -0.39 is 10.9 Å². The molecular formula is C12H6Cl2N2O5. The number of carboxylic acids is 1. The minimum atomic E-state index is -1.22. The van der Waals surface area contributed by atoms with Crippen molar-refractivity contribution < 1.29 is 19.6 Å². The van der Waals surface area contributed by atoms with Gasteiger partial charge in [0.15, 0.2) is 11.5 Å². The largest absolute Gasteiger partial charge is 0.478 e. The summed E-state index contributed by atoms with van der Waals surface area (Å²) in [5.41, 5.74) is -0.447. The normalized spacial score (nSPS) is 10.2. The number of hydrogen-bond donors (Lipinski definition) is 1. The SMILES string of the molecule is O=C(O)c1ccncc1Oc1c(Cl)cc([N+](=O)[O-])cc1Cl. The highest BCUT2D eigenvalue weighted by Gasteiger charge is 2.19. The fourth-order valence-corrected chi connectivity index (χ4v) is 2.05. The first-order valence-corrected chi connectivity index (χ1v) is 6.14. The Balaban J connectivity index is 2.46. The average molecular weight is 329 g/mol. The van der Waals surface area contributed by atoms with Crippen LogP contribution in [0.15, 0.2) is 30.6 Å². The lowest BCUT2D eigenvalue weighted by molar-refractivity contribution is -0.384. The molecule has 21 heavy (non-hydrogen) atoms. The molecular weight excluding hydrogens is 323 g/mol. The summed E-state index contributed by atoms with van der Waals surface area (Å²) in [5, 5.41) is 19.5. The van der Waals surface area contributed by atoms with Crippen LogP contribution in [-0.2, 0) is 0 Å². The molecule has 0 amide bonds. The molecule has 1 aromatic carbocycles. The van der Waals surface area contributed by atoms with E-state index in [1.165, 1.54) is 18.5 Å². The second-order valence-electron chi connectivity index (χ2n) is 3.77. The van der Waals surface area contributed by atoms with Gasteiger partial charge < -0.3 is 9.84 Å². The van der Waals surface area contributed by atoms with Crippen molar-refractivity contribution in [2.24, 2.45) is 0 Å². The van der Waals surface area contributed by atoms with E-state index in [9.17, 15) is 14.9 Å². The molecule has 0 saturated carbocycles. The number of carbonyl (C=O) groups is 1. The molecule has 0 saturated heterocycles. The Labute approximate surface area is 127 Å². The van der Waals surface area contributed by atoms with Crippen LogP contribution in [0.1, 0.15) is 10.4 Å². The lowest BCUT2D eigenvalue weighted by Gasteiger charge is -2.10. The Morgan fingerprint density at radius 1 is 1.33 bits per heavy atom. The predicted molar refractivity (Wildman–Crippen MR) is 74.4 cm³/mol. The van der Waals surface area contributed by atoms with Crippen molar-refractivity contribution in [2.75, 3.05) is 0 Å². The maximum atomic E-state index is 11.1. The van der Waals surface area contributed by atoms with Crippen LogP contribution in [0.2, 0.25) is 10.0 Å². The highest BCUT2D eigenvalue weighted by Crippen LogP contribution is 2.39. The molecule has 0 bridgehead atoms. The number of ether oxygens (including phenoxy) is 1. The summed E-state index contributed by atoms with van der Waals surface area (Å²) in [5.74, 6) is -1.39. The van der Waals surface area contributed by atoms with Crippen molar-refractivity contribution in [3.63, 3.8) is 0 Å². The fraction of sp³-hybridized carbons (Fsp3) is 0. The third-order valence-corrected chi connectivity index (χ3v) is 2.98. The Bertz CT molecular complexity index is 712. The molecule has 7 nitrogen and oxygen atoms in total. The summed E-state index contributed by atoms with van der Waals surface area (Å²) in [4.78, 5) is 24.8. The summed E-state index contributed by atoms with van der Waals surface area (Å²) in [6.45, 7) is 0. The third-order valence-electron chi connectivity index (χ3n) is 2.42. The topological polar surface area (TPSA) is 103 Å². The Hall–Kier alpha value is -2.38. The van der Waals surface area contributed by atoms with E-state index >= 15 is 0 Å². The van der Waals surface area contributed by atoms with E-state index in [4.69, 9.17) is 33.0 Å². The maximum Gasteiger partial charge on any atom is 0.339 e. The van der Waals surface area contributed by atoms with Crippen LogP contribution in [-0.4, -0.2) is 21.0 Å². The summed E-state index contributed by atoms with van der Waals surface area (Å²) >= 11 is 11.8. The number of benzene rings is 1. The van der Waals surface area contributed by atoms with Crippen molar-refractivity contribution in [3.05, 3.63) is 56.3 Å². The van der Waals surface area contributed by atoms with Crippen LogP contribution in [0.5, 0.6) is 11.5 Å². The summed E-state index contributed by atoms with van der Waals surface area (Å²) in [6, 6.07) is 3.35. The zero-order chi connectivity index (χ0) is 15.6. The van der Waals surface area contributed by atoms with Crippen molar-refractivity contribution in [1.29, 1.82) is 0 Å². The first-order chi connectivity index (χ1) is 9.90. The second kappa shape index (κ2) is 5.94. The number of rotatable bonds is 4. The van der Waals surface area contributed by atoms with Gasteiger partial charge in [0.25, 0.3) is 5.69 Å². The fourth-order valence-electron chi connectivity index (χ4n) is 1.50. The van der Waals surface area contributed by atoms with Gasteiger partial charge in [-0.05, 0) is 6.07 Å². The van der Waals surface area contributed by atoms with Crippen LogP contribution in [0, 0.1) is 10.1 Å². The number of aromatic nitrogens is 1. The van der Waals surface area contributed by atoms with Gasteiger partial charge in [0.2, 0.25) is 0 Å². The first-order valence-electron chi connectivity index (χ1n) is 5.38. The van der Waals surface area contributed by atoms with Gasteiger partial charge in [-0.25, -0.2) is 4.79 Å². The highest BCUT2D eigenvalue weighted by atomic mass is 35.5. The lowest BCUT2D eigenvalue weighted by Crippen LogP contribution is -2.01. The third kappa shape index (κ3) is 3.21. The molecule has 0 unspecified atom stereocenters. The van der Waals surface area contributed by atoms with Crippen LogP contribution < -0.4 is 4.74 Å². The molecule has 1 N–H and O–H groups in total. The molecule has 108 valence electrons. The monoisotopic (exact) mass is 328 g/mol. The lowest BCUT2D eigenvalue weighted by atomic mass is 10.2. The van der Waals surface area contributed by atoms with Crippen LogP contribution in [0.4, 0.5) is 5.69 Å². The molecule has 0 aliphatic heterocycles. The number of carboxylic acid groups (broad SMARTS) is 1. The maximum absolute atomic E-state index is 11.1. The molecule has 0 spiro atoms. The van der Waals surface area contributed by atoms with Crippen LogP contribution >= 0.6 is 23.2 Å². The Morgan fingerprint density at radius 2 is 1.95 bits per heavy atom. The number of nitro benzene ring substituents is 1. The predicted octanol–water partition coefficient (Wildman–Crippen LogP) is 3.79. The smallest absolute Gasteiger partial charge is 0.339 e. The van der Waals surface area contributed by atoms with E-state index in [1.807, 2.05) is 0 Å². The van der Waals surface area contributed by atoms with Crippen molar-refractivity contribution in [2.45, 2.75) is 0 Å². The molecule has 9 heteroatoms. The van der Waals surface area contributed by atoms with Crippen molar-refractivity contribution in [3.8, 4) is 11.5 Å². The summed E-state index contributed by atoms with van der Waals surface area (Å²) in [7, 11) is 0. The van der Waals surface area contributed by atoms with E-state index in [1.54, 1.807) is 0 Å². The molecule has 2 aromatic rings. The molecule has 0 atom stereocenters. The number of aromatic carboxylic acids is 1. The Morgan fingerprint density at radius 3 is 2.48 bits per heavy atom. The van der Waals surface area contributed by atoms with Gasteiger partial charge in [0.1, 0.15) is 5.56 Å². The van der Waals surface area contributed by atoms with Crippen molar-refractivity contribution in [1.82, 2.24) is 4.98 Å². The molecule has 0 aliphatic rings. The van der Waals surface area contributed by atoms with Crippen LogP contribution in [0.25, 0.3) is 0 Å². The zero-order valence-electron chi connectivity index (χ0n) is 10.1. The molecule has 0 fully saturated rings. The van der Waals surface area contributed by atoms with Gasteiger partial charge in [0.05, 0.1) is 21.2 Å². The summed E-state index contributed by atoms with van der Waals surface area (Å²) in [6.07, 6.45) is 2.47. The minimum absolute atomic E-state index is 0.0809. The minimum Gasteiger partial charge on any atom is -0.478 e. The molecule has 0 radical (unpaired) electrons. The number of pyridine rings is 1. The van der Waals surface area contributed by atoms with Gasteiger partial charge in [-0.1, -0.05) is 23.2 Å². The van der Waals surface area contributed by atoms with Gasteiger partial charge >= 0.3 is 5.97 Å². The first kappa shape index (κ1) is 15.0.